The molecule has 3 N–H and O–H groups in total. The third-order valence-corrected chi connectivity index (χ3v) is 5.49. The standard InChI is InChI=1S/C12H22N4O3S/c1-20-12(10(13)14-18)2-4-15(5-3-12)11(17)16-6-8-19-9-7-16/h18H,2-9H2,1H3,(H2,13,14). The largest absolute Gasteiger partial charge is 0.409 e. The molecular formula is C12H22N4O3S. The number of hydrogen-bond acceptors (Lipinski definition) is 5. The van der Waals surface area contributed by atoms with E-state index in [1.807, 2.05) is 16.1 Å². The van der Waals surface area contributed by atoms with E-state index in [2.05, 4.69) is 5.16 Å². The summed E-state index contributed by atoms with van der Waals surface area (Å²) < 4.78 is 4.91. The van der Waals surface area contributed by atoms with Crippen molar-refractivity contribution in [1.82, 2.24) is 9.80 Å². The Bertz CT molecular complexity index is 377. The number of amidine groups is 1. The summed E-state index contributed by atoms with van der Waals surface area (Å²) in [5.41, 5.74) is 5.81. The van der Waals surface area contributed by atoms with Gasteiger partial charge in [0.25, 0.3) is 0 Å². The molecule has 2 aliphatic rings. The van der Waals surface area contributed by atoms with Gasteiger partial charge in [-0.25, -0.2) is 4.79 Å². The van der Waals surface area contributed by atoms with Crippen LogP contribution in [0.1, 0.15) is 12.8 Å². The summed E-state index contributed by atoms with van der Waals surface area (Å²) in [6.07, 6.45) is 3.37. The average molecular weight is 302 g/mol. The highest BCUT2D eigenvalue weighted by molar-refractivity contribution is 8.00. The number of thioether (sulfide) groups is 1. The summed E-state index contributed by atoms with van der Waals surface area (Å²) in [5, 5.41) is 12.1. The van der Waals surface area contributed by atoms with E-state index >= 15 is 0 Å². The summed E-state index contributed by atoms with van der Waals surface area (Å²) in [7, 11) is 0. The molecule has 2 heterocycles. The van der Waals surface area contributed by atoms with Crippen LogP contribution in [0.4, 0.5) is 4.79 Å². The van der Waals surface area contributed by atoms with Crippen molar-refractivity contribution in [3.05, 3.63) is 0 Å². The summed E-state index contributed by atoms with van der Waals surface area (Å²) in [5.74, 6) is 0.253. The van der Waals surface area contributed by atoms with E-state index in [1.54, 1.807) is 11.8 Å². The molecule has 2 aliphatic heterocycles. The van der Waals surface area contributed by atoms with Gasteiger partial charge in [0.15, 0.2) is 5.84 Å². The molecule has 20 heavy (non-hydrogen) atoms. The molecule has 0 radical (unpaired) electrons. The van der Waals surface area contributed by atoms with Crippen molar-refractivity contribution in [2.45, 2.75) is 17.6 Å². The lowest BCUT2D eigenvalue weighted by molar-refractivity contribution is 0.0414. The number of nitrogens with zero attached hydrogens (tertiary/aromatic N) is 3. The zero-order chi connectivity index (χ0) is 14.6. The quantitative estimate of drug-likeness (QED) is 0.333. The molecule has 2 saturated heterocycles. The fraction of sp³-hybridized carbons (Fsp3) is 0.833. The molecule has 0 spiro atoms. The van der Waals surface area contributed by atoms with Crippen LogP contribution in [0, 0.1) is 0 Å². The number of carbonyl (C=O) groups is 1. The molecule has 0 aromatic heterocycles. The zero-order valence-corrected chi connectivity index (χ0v) is 12.6. The molecule has 0 aliphatic carbocycles. The van der Waals surface area contributed by atoms with Crippen molar-refractivity contribution in [3.8, 4) is 0 Å². The van der Waals surface area contributed by atoms with E-state index in [4.69, 9.17) is 15.7 Å². The van der Waals surface area contributed by atoms with Crippen LogP contribution in [0.25, 0.3) is 0 Å². The normalized spacial score (nSPS) is 23.8. The van der Waals surface area contributed by atoms with E-state index in [-0.39, 0.29) is 16.6 Å². The number of morpholine rings is 1. The molecule has 0 atom stereocenters. The lowest BCUT2D eigenvalue weighted by Gasteiger charge is -2.41. The van der Waals surface area contributed by atoms with Crippen LogP contribution < -0.4 is 5.73 Å². The van der Waals surface area contributed by atoms with Crippen LogP contribution in [0.15, 0.2) is 5.16 Å². The molecule has 0 aromatic rings. The smallest absolute Gasteiger partial charge is 0.320 e. The maximum absolute atomic E-state index is 12.4. The number of oxime groups is 1. The van der Waals surface area contributed by atoms with Crippen molar-refractivity contribution >= 4 is 23.6 Å². The molecule has 0 aromatic carbocycles. The number of piperidine rings is 1. The predicted molar refractivity (Wildman–Crippen MR) is 78.2 cm³/mol. The highest BCUT2D eigenvalue weighted by Gasteiger charge is 2.40. The number of nitrogens with two attached hydrogens (primary N) is 1. The highest BCUT2D eigenvalue weighted by atomic mass is 32.2. The fourth-order valence-corrected chi connectivity index (χ4v) is 3.51. The van der Waals surface area contributed by atoms with Crippen molar-refractivity contribution in [1.29, 1.82) is 0 Å². The second kappa shape index (κ2) is 6.53. The SMILES string of the molecule is CSC1(C(N)=NO)CCN(C(=O)N2CCOCC2)CC1. The van der Waals surface area contributed by atoms with E-state index in [9.17, 15) is 4.79 Å². The molecule has 2 amide bonds. The minimum absolute atomic E-state index is 0.0718. The second-order valence-electron chi connectivity index (χ2n) is 5.05. The van der Waals surface area contributed by atoms with Gasteiger partial charge in [-0.15, -0.1) is 0 Å². The fourth-order valence-electron chi connectivity index (χ4n) is 2.67. The Morgan fingerprint density at radius 3 is 2.30 bits per heavy atom. The molecule has 0 bridgehead atoms. The van der Waals surface area contributed by atoms with E-state index in [0.29, 0.717) is 52.2 Å². The lowest BCUT2D eigenvalue weighted by atomic mass is 9.94. The van der Waals surface area contributed by atoms with Crippen LogP contribution in [-0.2, 0) is 4.74 Å². The number of likely N-dealkylation sites (tertiary alicyclic amines) is 1. The first kappa shape index (κ1) is 15.2. The van der Waals surface area contributed by atoms with Gasteiger partial charge in [-0.3, -0.25) is 0 Å². The molecule has 2 fully saturated rings. The van der Waals surface area contributed by atoms with Gasteiger partial charge in [-0.05, 0) is 19.1 Å². The molecule has 114 valence electrons. The molecule has 2 rings (SSSR count). The monoisotopic (exact) mass is 302 g/mol. The molecule has 0 saturated carbocycles. The average Bonchev–Trinajstić information content (AvgIpc) is 2.54. The van der Waals surface area contributed by atoms with Gasteiger partial charge in [-0.1, -0.05) is 5.16 Å². The molecule has 8 heteroatoms. The zero-order valence-electron chi connectivity index (χ0n) is 11.7. The molecular weight excluding hydrogens is 280 g/mol. The Kier molecular flexibility index (Phi) is 4.98. The van der Waals surface area contributed by atoms with Gasteiger partial charge in [0.1, 0.15) is 0 Å². The van der Waals surface area contributed by atoms with Gasteiger partial charge in [0, 0.05) is 26.2 Å². The third-order valence-electron chi connectivity index (χ3n) is 4.09. The van der Waals surface area contributed by atoms with Gasteiger partial charge in [0.2, 0.25) is 0 Å². The predicted octanol–water partition coefficient (Wildman–Crippen LogP) is 0.383. The number of amides is 2. The summed E-state index contributed by atoms with van der Waals surface area (Å²) in [4.78, 5) is 16.1. The summed E-state index contributed by atoms with van der Waals surface area (Å²) >= 11 is 1.59. The van der Waals surface area contributed by atoms with Crippen LogP contribution in [-0.4, -0.2) is 77.3 Å². The van der Waals surface area contributed by atoms with Gasteiger partial charge < -0.3 is 25.5 Å². The van der Waals surface area contributed by atoms with Crippen LogP contribution in [0.3, 0.4) is 0 Å². The topological polar surface area (TPSA) is 91.4 Å². The Morgan fingerprint density at radius 1 is 1.25 bits per heavy atom. The molecule has 0 unspecified atom stereocenters. The third kappa shape index (κ3) is 2.95. The first-order valence-electron chi connectivity index (χ1n) is 6.78. The van der Waals surface area contributed by atoms with Crippen LogP contribution in [0.5, 0.6) is 0 Å². The first-order valence-corrected chi connectivity index (χ1v) is 8.00. The number of urea groups is 1. The Balaban J connectivity index is 1.94. The minimum Gasteiger partial charge on any atom is -0.409 e. The van der Waals surface area contributed by atoms with Crippen LogP contribution >= 0.6 is 11.8 Å². The Labute approximate surface area is 123 Å². The maximum Gasteiger partial charge on any atom is 0.320 e. The van der Waals surface area contributed by atoms with Crippen molar-refractivity contribution in [2.24, 2.45) is 10.9 Å². The van der Waals surface area contributed by atoms with E-state index < -0.39 is 0 Å². The number of carbonyl (C=O) groups excluding carboxylic acids is 1. The number of rotatable bonds is 2. The summed E-state index contributed by atoms with van der Waals surface area (Å²) in [6.45, 7) is 3.80. The van der Waals surface area contributed by atoms with Gasteiger partial charge in [0.05, 0.1) is 18.0 Å². The van der Waals surface area contributed by atoms with Crippen LogP contribution in [0.2, 0.25) is 0 Å². The van der Waals surface area contributed by atoms with Crippen molar-refractivity contribution in [3.63, 3.8) is 0 Å². The Morgan fingerprint density at radius 2 is 1.80 bits per heavy atom. The Hall–Kier alpha value is -1.15. The maximum atomic E-state index is 12.4. The minimum atomic E-state index is -0.351. The summed E-state index contributed by atoms with van der Waals surface area (Å²) in [6, 6.07) is 0.0718. The van der Waals surface area contributed by atoms with Gasteiger partial charge in [-0.2, -0.15) is 11.8 Å². The number of hydrogen-bond donors (Lipinski definition) is 2. The molecule has 7 nitrogen and oxygen atoms in total. The first-order chi connectivity index (χ1) is 9.63. The number of ether oxygens (including phenoxy) is 1. The highest BCUT2D eigenvalue weighted by Crippen LogP contribution is 2.35. The van der Waals surface area contributed by atoms with E-state index in [0.717, 1.165) is 0 Å². The lowest BCUT2D eigenvalue weighted by Crippen LogP contribution is -2.55. The van der Waals surface area contributed by atoms with Crippen molar-refractivity contribution in [2.75, 3.05) is 45.6 Å². The van der Waals surface area contributed by atoms with E-state index in [1.165, 1.54) is 0 Å². The van der Waals surface area contributed by atoms with Crippen molar-refractivity contribution < 1.29 is 14.7 Å². The van der Waals surface area contributed by atoms with Gasteiger partial charge >= 0.3 is 6.03 Å². The second-order valence-corrected chi connectivity index (χ2v) is 6.24.